The van der Waals surface area contributed by atoms with E-state index in [2.05, 4.69) is 20.2 Å². The molecule has 0 saturated carbocycles. The number of ether oxygens (including phenoxy) is 2. The standard InChI is InChI=1S/C19H25N5O2.3C2HF3O2/c1-2-15(12-20-6-1)13-22-18-3-7-21-19(23-18)17-14-26-11-8-24(17)16-4-9-25-10-5-16;3*3-2(4,5)1(6)7/h1-3,6-7,12,16-17H,4-5,8-11,13-14H2,(H,21,22,23);3*(H,6,7). The molecule has 2 aromatic heterocycles. The van der Waals surface area contributed by atoms with Crippen LogP contribution in [0.25, 0.3) is 0 Å². The minimum atomic E-state index is -5.08. The number of anilines is 1. The molecule has 4 N–H and O–H groups in total. The SMILES string of the molecule is O=C(O)C(F)(F)F.O=C(O)C(F)(F)F.O=C(O)C(F)(F)F.c1cncc(CNc2ccnc(C3COCCN3C3CCOCC3)n2)c1. The van der Waals surface area contributed by atoms with Gasteiger partial charge in [0, 0.05) is 50.9 Å². The first-order chi connectivity index (χ1) is 21.7. The number of nitrogens with zero attached hydrogens (tertiary/aromatic N) is 4. The molecule has 0 spiro atoms. The van der Waals surface area contributed by atoms with Crippen LogP contribution in [0.4, 0.5) is 45.3 Å². The smallest absolute Gasteiger partial charge is 0.475 e. The third kappa shape index (κ3) is 16.2. The highest BCUT2D eigenvalue weighted by molar-refractivity contribution is 5.73. The number of pyridine rings is 1. The van der Waals surface area contributed by atoms with E-state index in [-0.39, 0.29) is 6.04 Å². The number of aliphatic carboxylic acids is 3. The summed E-state index contributed by atoms with van der Waals surface area (Å²) in [6.07, 6.45) is -7.66. The monoisotopic (exact) mass is 697 g/mol. The van der Waals surface area contributed by atoms with Gasteiger partial charge in [0.1, 0.15) is 11.6 Å². The first-order valence-electron chi connectivity index (χ1n) is 13.0. The van der Waals surface area contributed by atoms with E-state index in [4.69, 9.17) is 44.2 Å². The number of halogens is 9. The molecule has 2 aliphatic heterocycles. The molecule has 1 atom stereocenters. The van der Waals surface area contributed by atoms with Gasteiger partial charge < -0.3 is 30.1 Å². The van der Waals surface area contributed by atoms with Crippen LogP contribution >= 0.6 is 0 Å². The van der Waals surface area contributed by atoms with Crippen LogP contribution in [0.15, 0.2) is 36.8 Å². The molecule has 13 nitrogen and oxygen atoms in total. The molecule has 0 aromatic carbocycles. The molecule has 264 valence electrons. The summed E-state index contributed by atoms with van der Waals surface area (Å²) in [7, 11) is 0. The Balaban J connectivity index is 0.000000430. The van der Waals surface area contributed by atoms with Gasteiger partial charge in [0.25, 0.3) is 0 Å². The Hall–Kier alpha value is -4.31. The summed E-state index contributed by atoms with van der Waals surface area (Å²) in [5.74, 6) is -6.61. The Morgan fingerprint density at radius 3 is 1.83 bits per heavy atom. The number of carboxylic acids is 3. The first kappa shape index (κ1) is 40.7. The second kappa shape index (κ2) is 18.7. The van der Waals surface area contributed by atoms with E-state index in [1.165, 1.54) is 0 Å². The number of rotatable bonds is 5. The van der Waals surface area contributed by atoms with E-state index in [0.29, 0.717) is 19.2 Å². The van der Waals surface area contributed by atoms with E-state index in [1.54, 1.807) is 6.20 Å². The van der Waals surface area contributed by atoms with Gasteiger partial charge in [-0.2, -0.15) is 39.5 Å². The van der Waals surface area contributed by atoms with Gasteiger partial charge in [-0.1, -0.05) is 6.07 Å². The van der Waals surface area contributed by atoms with Crippen molar-refractivity contribution in [3.8, 4) is 0 Å². The van der Waals surface area contributed by atoms with E-state index in [9.17, 15) is 39.5 Å². The molecule has 0 radical (unpaired) electrons. The summed E-state index contributed by atoms with van der Waals surface area (Å²) >= 11 is 0. The third-order valence-corrected chi connectivity index (χ3v) is 5.73. The Morgan fingerprint density at radius 1 is 0.830 bits per heavy atom. The zero-order valence-electron chi connectivity index (χ0n) is 23.8. The van der Waals surface area contributed by atoms with Gasteiger partial charge in [-0.25, -0.2) is 24.4 Å². The van der Waals surface area contributed by atoms with E-state index >= 15 is 0 Å². The van der Waals surface area contributed by atoms with Crippen molar-refractivity contribution in [1.82, 2.24) is 19.9 Å². The lowest BCUT2D eigenvalue weighted by Gasteiger charge is -2.41. The minimum Gasteiger partial charge on any atom is -0.475 e. The maximum absolute atomic E-state index is 10.6. The average Bonchev–Trinajstić information content (AvgIpc) is 3.01. The highest BCUT2D eigenvalue weighted by Gasteiger charge is 2.39. The van der Waals surface area contributed by atoms with Gasteiger partial charge in [-0.15, -0.1) is 0 Å². The Bertz CT molecular complexity index is 1200. The lowest BCUT2D eigenvalue weighted by Crippen LogP contribution is -2.48. The Labute approximate surface area is 259 Å². The molecule has 0 bridgehead atoms. The van der Waals surface area contributed by atoms with Gasteiger partial charge in [-0.05, 0) is 30.5 Å². The molecule has 4 heterocycles. The predicted molar refractivity (Wildman–Crippen MR) is 139 cm³/mol. The van der Waals surface area contributed by atoms with Crippen molar-refractivity contribution in [1.29, 1.82) is 0 Å². The van der Waals surface area contributed by atoms with Crippen molar-refractivity contribution in [3.63, 3.8) is 0 Å². The maximum Gasteiger partial charge on any atom is 0.490 e. The zero-order chi connectivity index (χ0) is 35.8. The molecule has 2 aliphatic rings. The number of hydrogen-bond acceptors (Lipinski definition) is 10. The lowest BCUT2D eigenvalue weighted by atomic mass is 10.0. The molecule has 2 fully saturated rings. The van der Waals surface area contributed by atoms with Crippen LogP contribution in [0.1, 0.15) is 30.3 Å². The van der Waals surface area contributed by atoms with Crippen molar-refractivity contribution in [2.24, 2.45) is 0 Å². The lowest BCUT2D eigenvalue weighted by molar-refractivity contribution is -0.193. The fraction of sp³-hybridized carbons (Fsp3) is 0.520. The largest absolute Gasteiger partial charge is 0.490 e. The summed E-state index contributed by atoms with van der Waals surface area (Å²) in [4.78, 5) is 42.6. The predicted octanol–water partition coefficient (Wildman–Crippen LogP) is 3.94. The van der Waals surface area contributed by atoms with Gasteiger partial charge in [0.2, 0.25) is 0 Å². The average molecular weight is 698 g/mol. The summed E-state index contributed by atoms with van der Waals surface area (Å²) in [5, 5.41) is 24.7. The molecule has 2 saturated heterocycles. The van der Waals surface area contributed by atoms with E-state index in [1.807, 2.05) is 30.6 Å². The van der Waals surface area contributed by atoms with Crippen LogP contribution in [0.5, 0.6) is 0 Å². The minimum absolute atomic E-state index is 0.104. The van der Waals surface area contributed by atoms with Crippen LogP contribution in [0.3, 0.4) is 0 Å². The highest BCUT2D eigenvalue weighted by Crippen LogP contribution is 2.28. The van der Waals surface area contributed by atoms with Crippen LogP contribution < -0.4 is 5.32 Å². The molecule has 47 heavy (non-hydrogen) atoms. The van der Waals surface area contributed by atoms with Crippen molar-refractivity contribution < 1.29 is 78.7 Å². The number of nitrogens with one attached hydrogen (secondary N) is 1. The summed E-state index contributed by atoms with van der Waals surface area (Å²) in [6.45, 7) is 4.70. The second-order valence-corrected chi connectivity index (χ2v) is 9.10. The number of aromatic nitrogens is 3. The fourth-order valence-electron chi connectivity index (χ4n) is 3.62. The van der Waals surface area contributed by atoms with Crippen LogP contribution in [-0.4, -0.2) is 111 Å². The zero-order valence-corrected chi connectivity index (χ0v) is 23.8. The topological polar surface area (TPSA) is 184 Å². The van der Waals surface area contributed by atoms with Crippen LogP contribution in [0.2, 0.25) is 0 Å². The van der Waals surface area contributed by atoms with Crippen LogP contribution in [0, 0.1) is 0 Å². The fourth-order valence-corrected chi connectivity index (χ4v) is 3.62. The van der Waals surface area contributed by atoms with Gasteiger partial charge in [0.05, 0.1) is 19.3 Å². The second-order valence-electron chi connectivity index (χ2n) is 9.10. The molecule has 22 heteroatoms. The van der Waals surface area contributed by atoms with Gasteiger partial charge >= 0.3 is 36.4 Å². The van der Waals surface area contributed by atoms with Crippen molar-refractivity contribution in [2.75, 3.05) is 38.3 Å². The van der Waals surface area contributed by atoms with Crippen molar-refractivity contribution in [2.45, 2.75) is 50.0 Å². The number of alkyl halides is 9. The van der Waals surface area contributed by atoms with Gasteiger partial charge in [-0.3, -0.25) is 9.88 Å². The number of carbonyl (C=O) groups is 3. The molecular weight excluding hydrogens is 669 g/mol. The van der Waals surface area contributed by atoms with E-state index < -0.39 is 36.4 Å². The number of hydrogen-bond donors (Lipinski definition) is 4. The highest BCUT2D eigenvalue weighted by atomic mass is 19.4. The number of carboxylic acid groups (broad SMARTS) is 3. The molecule has 0 aliphatic carbocycles. The van der Waals surface area contributed by atoms with Crippen molar-refractivity contribution >= 4 is 23.7 Å². The quantitative estimate of drug-likeness (QED) is 0.330. The Kier molecular flexibility index (Phi) is 16.2. The summed E-state index contributed by atoms with van der Waals surface area (Å²) in [6, 6.07) is 6.51. The van der Waals surface area contributed by atoms with Gasteiger partial charge in [0.15, 0.2) is 0 Å². The van der Waals surface area contributed by atoms with E-state index in [0.717, 1.165) is 56.4 Å². The molecule has 2 aromatic rings. The van der Waals surface area contributed by atoms with Crippen molar-refractivity contribution in [3.05, 3.63) is 48.2 Å². The van der Waals surface area contributed by atoms with Crippen LogP contribution in [-0.2, 0) is 30.4 Å². The molecule has 0 amide bonds. The molecule has 1 unspecified atom stereocenters. The molecular formula is C25H28F9N5O8. The third-order valence-electron chi connectivity index (χ3n) is 5.73. The summed E-state index contributed by atoms with van der Waals surface area (Å²) < 4.78 is 106. The maximum atomic E-state index is 10.6. The summed E-state index contributed by atoms with van der Waals surface area (Å²) in [5.41, 5.74) is 1.12. The Morgan fingerprint density at radius 2 is 1.36 bits per heavy atom. The normalized spacial score (nSPS) is 17.3. The number of morpholine rings is 1. The molecule has 4 rings (SSSR count). The first-order valence-corrected chi connectivity index (χ1v) is 13.0.